The van der Waals surface area contributed by atoms with Crippen LogP contribution in [0.15, 0.2) is 71.0 Å². The van der Waals surface area contributed by atoms with Crippen LogP contribution >= 0.6 is 11.6 Å². The van der Waals surface area contributed by atoms with E-state index in [1.807, 2.05) is 75.0 Å². The first-order chi connectivity index (χ1) is 21.4. The summed E-state index contributed by atoms with van der Waals surface area (Å²) in [5.74, 6) is -1.81. The van der Waals surface area contributed by atoms with Crippen molar-refractivity contribution in [2.24, 2.45) is 24.2 Å². The summed E-state index contributed by atoms with van der Waals surface area (Å²) in [6.07, 6.45) is 7.45. The minimum absolute atomic E-state index is 0.355. The third-order valence-electron chi connectivity index (χ3n) is 6.92. The van der Waals surface area contributed by atoms with Crippen LogP contribution in [0.5, 0.6) is 0 Å². The molecule has 4 rings (SSSR count). The second-order valence-corrected chi connectivity index (χ2v) is 11.0. The van der Waals surface area contributed by atoms with E-state index >= 15 is 0 Å². The minimum atomic E-state index is -0.952. The molecule has 0 aliphatic heterocycles. The molecule has 0 aliphatic carbocycles. The number of ketones is 2. The quantitative estimate of drug-likeness (QED) is 0.0597. The predicted octanol–water partition coefficient (Wildman–Crippen LogP) is 7.39. The highest BCUT2D eigenvalue weighted by Gasteiger charge is 2.24. The van der Waals surface area contributed by atoms with Crippen LogP contribution in [-0.2, 0) is 23.7 Å². The van der Waals surface area contributed by atoms with Crippen molar-refractivity contribution in [3.8, 4) is 0 Å². The Morgan fingerprint density at radius 1 is 0.733 bits per heavy atom. The van der Waals surface area contributed by atoms with Gasteiger partial charge < -0.3 is 9.13 Å². The van der Waals surface area contributed by atoms with Crippen molar-refractivity contribution in [3.05, 3.63) is 72.1 Å². The molecule has 4 aromatic rings. The van der Waals surface area contributed by atoms with Gasteiger partial charge in [-0.2, -0.15) is 5.10 Å². The van der Waals surface area contributed by atoms with Crippen molar-refractivity contribution >= 4 is 67.5 Å². The molecular weight excluding hydrogens is 590 g/mol. The zero-order valence-electron chi connectivity index (χ0n) is 27.6. The van der Waals surface area contributed by atoms with Crippen LogP contribution in [0, 0.1) is 0 Å². The molecule has 0 radical (unpaired) electrons. The number of rotatable bonds is 10. The molecule has 0 N–H and O–H groups in total. The summed E-state index contributed by atoms with van der Waals surface area (Å²) in [5.41, 5.74) is 4.72. The largest absolute Gasteiger partial charge is 0.350 e. The maximum absolute atomic E-state index is 12.5. The van der Waals surface area contributed by atoms with Gasteiger partial charge in [-0.25, -0.2) is 5.01 Å². The molecule has 0 unspecified atom stereocenters. The number of likely N-dealkylation sites (N-methyl/N-ethyl adjacent to an activating group) is 1. The van der Waals surface area contributed by atoms with Crippen LogP contribution in [0.1, 0.15) is 81.0 Å². The number of aliphatic imine (C=N–C) groups is 1. The van der Waals surface area contributed by atoms with Gasteiger partial charge >= 0.3 is 5.91 Å². The van der Waals surface area contributed by atoms with Crippen LogP contribution in [0.2, 0.25) is 0 Å². The molecule has 2 heterocycles. The van der Waals surface area contributed by atoms with Crippen molar-refractivity contribution in [1.82, 2.24) is 14.1 Å². The topological polar surface area (TPSA) is 106 Å². The molecule has 2 aromatic carbocycles. The Kier molecular flexibility index (Phi) is 14.6. The van der Waals surface area contributed by atoms with Gasteiger partial charge in [0.05, 0.1) is 11.1 Å². The van der Waals surface area contributed by atoms with Crippen molar-refractivity contribution in [1.29, 1.82) is 0 Å². The molecule has 1 amide bonds. The van der Waals surface area contributed by atoms with Crippen LogP contribution in [0.4, 0.5) is 0 Å². The molecule has 10 heteroatoms. The number of amides is 1. The third-order valence-corrected chi connectivity index (χ3v) is 7.09. The summed E-state index contributed by atoms with van der Waals surface area (Å²) in [6, 6.07) is 14.9. The molecule has 0 atom stereocenters. The van der Waals surface area contributed by atoms with E-state index in [1.165, 1.54) is 19.2 Å². The summed E-state index contributed by atoms with van der Waals surface area (Å²) in [6.45, 7) is 11.2. The Morgan fingerprint density at radius 3 is 1.62 bits per heavy atom. The Labute approximate surface area is 270 Å². The van der Waals surface area contributed by atoms with Gasteiger partial charge in [0, 0.05) is 73.3 Å². The lowest BCUT2D eigenvalue weighted by Gasteiger charge is -2.11. The maximum atomic E-state index is 12.5. The summed E-state index contributed by atoms with van der Waals surface area (Å²) in [7, 11) is 5.19. The first-order valence-corrected chi connectivity index (χ1v) is 15.4. The molecule has 0 fully saturated rings. The van der Waals surface area contributed by atoms with E-state index in [-0.39, 0.29) is 0 Å². The standard InChI is InChI=1S/C17H21N3O2.C11H8ClNO2.C7H15N/c1-5-8-12(2)18-20(4)17(22)16(21)14-11-19(3)15-10-7-6-9-13(14)15;1-13-6-8(10(14)11(12)15)7-4-2-3-5-9(7)13;1-4-6-7(3)8-5-2/h6-7,9-11H,5,8H2,1-4H3;2-6H,1H3;4-6H2,1-3H3. The van der Waals surface area contributed by atoms with Gasteiger partial charge in [-0.05, 0) is 57.3 Å². The fourth-order valence-electron chi connectivity index (χ4n) is 4.84. The monoisotopic (exact) mass is 633 g/mol. The molecular formula is C35H44ClN5O4. The predicted molar refractivity (Wildman–Crippen MR) is 185 cm³/mol. The Hall–Kier alpha value is -4.37. The summed E-state index contributed by atoms with van der Waals surface area (Å²) < 4.78 is 3.64. The number of hydrazone groups is 1. The molecule has 45 heavy (non-hydrogen) atoms. The molecule has 0 aliphatic rings. The number of aryl methyl sites for hydroxylation is 2. The summed E-state index contributed by atoms with van der Waals surface area (Å²) in [4.78, 5) is 51.3. The lowest BCUT2D eigenvalue weighted by Crippen LogP contribution is -2.30. The fourth-order valence-corrected chi connectivity index (χ4v) is 4.94. The fraction of sp³-hybridized carbons (Fsp3) is 0.371. The third kappa shape index (κ3) is 10.1. The Balaban J connectivity index is 0.000000264. The number of carbonyl (C=O) groups is 4. The molecule has 0 saturated heterocycles. The molecule has 0 bridgehead atoms. The van der Waals surface area contributed by atoms with Gasteiger partial charge in [0.1, 0.15) is 0 Å². The molecule has 0 spiro atoms. The van der Waals surface area contributed by atoms with Crippen LogP contribution < -0.4 is 0 Å². The van der Waals surface area contributed by atoms with Gasteiger partial charge in [-0.3, -0.25) is 24.2 Å². The van der Waals surface area contributed by atoms with Gasteiger partial charge in [0.2, 0.25) is 5.78 Å². The number of halogens is 1. The minimum Gasteiger partial charge on any atom is -0.350 e. The SMILES string of the molecule is CCCC(C)=NCC.CCCC(C)=NN(C)C(=O)C(=O)c1cn(C)c2ccccc12.Cn1cc(C(=O)C(=O)Cl)c2ccccc21. The highest BCUT2D eigenvalue weighted by atomic mass is 35.5. The Bertz CT molecular complexity index is 1710. The van der Waals surface area contributed by atoms with Crippen LogP contribution in [0.3, 0.4) is 0 Å². The maximum Gasteiger partial charge on any atom is 0.314 e. The lowest BCUT2D eigenvalue weighted by atomic mass is 10.1. The molecule has 2 aromatic heterocycles. The van der Waals surface area contributed by atoms with Crippen molar-refractivity contribution < 1.29 is 19.2 Å². The van der Waals surface area contributed by atoms with E-state index < -0.39 is 22.7 Å². The normalized spacial score (nSPS) is 11.4. The highest BCUT2D eigenvalue weighted by Crippen LogP contribution is 2.22. The van der Waals surface area contributed by atoms with E-state index in [4.69, 9.17) is 11.6 Å². The van der Waals surface area contributed by atoms with Crippen LogP contribution in [0.25, 0.3) is 21.8 Å². The number of para-hydroxylation sites is 2. The van der Waals surface area contributed by atoms with Gasteiger partial charge in [0.15, 0.2) is 0 Å². The average molecular weight is 634 g/mol. The number of carbonyl (C=O) groups excluding carboxylic acids is 4. The van der Waals surface area contributed by atoms with Gasteiger partial charge in [-0.1, -0.05) is 63.1 Å². The first-order valence-electron chi connectivity index (χ1n) is 15.1. The number of Topliss-reactive ketones (excluding diaryl/α,β-unsaturated/α-hetero) is 2. The second kappa shape index (κ2) is 17.8. The molecule has 9 nitrogen and oxygen atoms in total. The molecule has 0 saturated carbocycles. The van der Waals surface area contributed by atoms with E-state index in [0.717, 1.165) is 58.3 Å². The number of fused-ring (bicyclic) bond motifs is 2. The zero-order chi connectivity index (χ0) is 33.7. The van der Waals surface area contributed by atoms with E-state index in [9.17, 15) is 19.2 Å². The van der Waals surface area contributed by atoms with E-state index in [0.29, 0.717) is 11.1 Å². The average Bonchev–Trinajstić information content (AvgIpc) is 3.53. The van der Waals surface area contributed by atoms with Crippen molar-refractivity contribution in [2.75, 3.05) is 13.6 Å². The number of hydrogen-bond donors (Lipinski definition) is 0. The van der Waals surface area contributed by atoms with E-state index in [2.05, 4.69) is 30.9 Å². The van der Waals surface area contributed by atoms with Crippen molar-refractivity contribution in [2.45, 2.75) is 60.3 Å². The summed E-state index contributed by atoms with van der Waals surface area (Å²) >= 11 is 5.17. The van der Waals surface area contributed by atoms with Crippen molar-refractivity contribution in [3.63, 3.8) is 0 Å². The molecule has 240 valence electrons. The zero-order valence-corrected chi connectivity index (χ0v) is 28.3. The van der Waals surface area contributed by atoms with Gasteiger partial charge in [0.25, 0.3) is 11.0 Å². The number of aromatic nitrogens is 2. The highest BCUT2D eigenvalue weighted by molar-refractivity contribution is 6.83. The Morgan fingerprint density at radius 2 is 1.18 bits per heavy atom. The summed E-state index contributed by atoms with van der Waals surface area (Å²) in [5, 5.41) is 5.89. The van der Waals surface area contributed by atoms with E-state index in [1.54, 1.807) is 23.0 Å². The lowest BCUT2D eigenvalue weighted by molar-refractivity contribution is -0.125. The van der Waals surface area contributed by atoms with Crippen LogP contribution in [-0.4, -0.2) is 61.9 Å². The number of nitrogens with zero attached hydrogens (tertiary/aromatic N) is 5. The second-order valence-electron chi connectivity index (χ2n) is 10.6. The van der Waals surface area contributed by atoms with Gasteiger partial charge in [-0.15, -0.1) is 0 Å². The first kappa shape index (κ1) is 36.8. The smallest absolute Gasteiger partial charge is 0.314 e. The number of hydrogen-bond acceptors (Lipinski definition) is 6. The number of benzene rings is 2.